The van der Waals surface area contributed by atoms with Gasteiger partial charge >= 0.3 is 5.97 Å². The maximum Gasteiger partial charge on any atom is 0.311 e. The van der Waals surface area contributed by atoms with Crippen molar-refractivity contribution in [2.45, 2.75) is 46.1 Å². The fourth-order valence-electron chi connectivity index (χ4n) is 2.99. The number of nitrogens with zero attached hydrogens (tertiary/aromatic N) is 1. The standard InChI is InChI=1S/C18H25NO4/c1-17(2)8-10-18(11-9-17,16(21)22)13-19(14-20)23-12-15-6-4-3-5-7-15/h3-7,14H,8-13H2,1-2H3,(H,21,22). The fourth-order valence-corrected chi connectivity index (χ4v) is 2.99. The van der Waals surface area contributed by atoms with Crippen LogP contribution >= 0.6 is 0 Å². The molecule has 23 heavy (non-hydrogen) atoms. The topological polar surface area (TPSA) is 66.8 Å². The highest BCUT2D eigenvalue weighted by Gasteiger charge is 2.45. The lowest BCUT2D eigenvalue weighted by Gasteiger charge is -2.42. The van der Waals surface area contributed by atoms with E-state index in [0.717, 1.165) is 23.5 Å². The Bertz CT molecular complexity index is 531. The average molecular weight is 319 g/mol. The molecule has 0 heterocycles. The van der Waals surface area contributed by atoms with Gasteiger partial charge in [-0.15, -0.1) is 0 Å². The SMILES string of the molecule is CC1(C)CCC(CN(C=O)OCc2ccccc2)(C(=O)O)CC1. The Morgan fingerprint density at radius 2 is 1.83 bits per heavy atom. The molecule has 1 N–H and O–H groups in total. The van der Waals surface area contributed by atoms with Crippen LogP contribution in [0.2, 0.25) is 0 Å². The highest BCUT2D eigenvalue weighted by atomic mass is 16.7. The van der Waals surface area contributed by atoms with Gasteiger partial charge in [-0.1, -0.05) is 44.2 Å². The predicted molar refractivity (Wildman–Crippen MR) is 86.3 cm³/mol. The summed E-state index contributed by atoms with van der Waals surface area (Å²) in [6, 6.07) is 9.50. The summed E-state index contributed by atoms with van der Waals surface area (Å²) in [7, 11) is 0. The van der Waals surface area contributed by atoms with Gasteiger partial charge in [0.05, 0.1) is 12.0 Å². The summed E-state index contributed by atoms with van der Waals surface area (Å²) in [5.41, 5.74) is 0.191. The summed E-state index contributed by atoms with van der Waals surface area (Å²) in [6.07, 6.45) is 3.38. The minimum absolute atomic E-state index is 0.0920. The van der Waals surface area contributed by atoms with Crippen LogP contribution < -0.4 is 0 Å². The number of carboxylic acid groups (broad SMARTS) is 1. The Morgan fingerprint density at radius 3 is 2.35 bits per heavy atom. The number of carboxylic acids is 1. The van der Waals surface area contributed by atoms with E-state index in [0.29, 0.717) is 19.3 Å². The summed E-state index contributed by atoms with van der Waals surface area (Å²) in [6.45, 7) is 4.65. The number of rotatable bonds is 7. The first-order valence-corrected chi connectivity index (χ1v) is 7.99. The maximum absolute atomic E-state index is 11.8. The van der Waals surface area contributed by atoms with E-state index in [2.05, 4.69) is 13.8 Å². The van der Waals surface area contributed by atoms with Crippen LogP contribution in [0, 0.1) is 10.8 Å². The second kappa shape index (κ2) is 7.13. The molecular weight excluding hydrogens is 294 g/mol. The van der Waals surface area contributed by atoms with Gasteiger partial charge < -0.3 is 5.11 Å². The van der Waals surface area contributed by atoms with E-state index in [9.17, 15) is 14.7 Å². The molecule has 0 spiro atoms. The lowest BCUT2D eigenvalue weighted by Crippen LogP contribution is -2.46. The number of hydrogen-bond donors (Lipinski definition) is 1. The minimum atomic E-state index is -0.910. The summed E-state index contributed by atoms with van der Waals surface area (Å²) < 4.78 is 0. The summed E-state index contributed by atoms with van der Waals surface area (Å²) >= 11 is 0. The summed E-state index contributed by atoms with van der Waals surface area (Å²) in [5.74, 6) is -0.844. The van der Waals surface area contributed by atoms with Crippen molar-refractivity contribution >= 4 is 12.4 Å². The van der Waals surface area contributed by atoms with Crippen molar-refractivity contribution in [3.05, 3.63) is 35.9 Å². The monoisotopic (exact) mass is 319 g/mol. The van der Waals surface area contributed by atoms with Gasteiger partial charge in [0.15, 0.2) is 0 Å². The Hall–Kier alpha value is -1.88. The lowest BCUT2D eigenvalue weighted by atomic mass is 9.65. The molecule has 0 bridgehead atoms. The van der Waals surface area contributed by atoms with E-state index < -0.39 is 11.4 Å². The molecule has 0 saturated heterocycles. The van der Waals surface area contributed by atoms with Gasteiger partial charge in [-0.2, -0.15) is 0 Å². The third-order valence-corrected chi connectivity index (χ3v) is 4.83. The van der Waals surface area contributed by atoms with Crippen LogP contribution in [0.4, 0.5) is 0 Å². The molecule has 5 heteroatoms. The van der Waals surface area contributed by atoms with Crippen molar-refractivity contribution in [3.8, 4) is 0 Å². The van der Waals surface area contributed by atoms with Gasteiger partial charge in [0.1, 0.15) is 6.61 Å². The molecule has 126 valence electrons. The molecule has 1 aliphatic carbocycles. The summed E-state index contributed by atoms with van der Waals surface area (Å²) in [5, 5.41) is 10.8. The van der Waals surface area contributed by atoms with Crippen LogP contribution in [0.15, 0.2) is 30.3 Å². The van der Waals surface area contributed by atoms with Crippen molar-refractivity contribution < 1.29 is 19.5 Å². The average Bonchev–Trinajstić information content (AvgIpc) is 2.54. The van der Waals surface area contributed by atoms with Crippen molar-refractivity contribution in [1.29, 1.82) is 0 Å². The molecule has 1 fully saturated rings. The molecule has 2 rings (SSSR count). The third kappa shape index (κ3) is 4.55. The molecule has 1 saturated carbocycles. The van der Waals surface area contributed by atoms with Crippen LogP contribution in [0.25, 0.3) is 0 Å². The van der Waals surface area contributed by atoms with Crippen LogP contribution in [0.5, 0.6) is 0 Å². The first-order chi connectivity index (χ1) is 10.9. The largest absolute Gasteiger partial charge is 0.481 e. The van der Waals surface area contributed by atoms with Crippen LogP contribution in [0.3, 0.4) is 0 Å². The molecule has 1 amide bonds. The normalized spacial score (nSPS) is 19.0. The predicted octanol–water partition coefficient (Wildman–Crippen LogP) is 3.25. The first kappa shape index (κ1) is 17.5. The number of aliphatic carboxylic acids is 1. The Kier molecular flexibility index (Phi) is 5.42. The molecule has 1 aromatic rings. The zero-order chi connectivity index (χ0) is 16.9. The van der Waals surface area contributed by atoms with E-state index in [4.69, 9.17) is 4.84 Å². The van der Waals surface area contributed by atoms with Crippen LogP contribution in [-0.4, -0.2) is 29.1 Å². The maximum atomic E-state index is 11.8. The van der Waals surface area contributed by atoms with Crippen molar-refractivity contribution in [3.63, 3.8) is 0 Å². The van der Waals surface area contributed by atoms with Gasteiger partial charge in [0.25, 0.3) is 0 Å². The van der Waals surface area contributed by atoms with E-state index >= 15 is 0 Å². The van der Waals surface area contributed by atoms with Crippen LogP contribution in [0.1, 0.15) is 45.1 Å². The number of benzene rings is 1. The zero-order valence-electron chi connectivity index (χ0n) is 13.8. The second-order valence-corrected chi connectivity index (χ2v) is 7.19. The number of amides is 1. The smallest absolute Gasteiger partial charge is 0.311 e. The summed E-state index contributed by atoms with van der Waals surface area (Å²) in [4.78, 5) is 28.6. The van der Waals surface area contributed by atoms with E-state index in [1.54, 1.807) is 0 Å². The van der Waals surface area contributed by atoms with Gasteiger partial charge in [0, 0.05) is 0 Å². The number of carbonyl (C=O) groups is 2. The van der Waals surface area contributed by atoms with E-state index in [1.165, 1.54) is 0 Å². The van der Waals surface area contributed by atoms with Gasteiger partial charge in [-0.05, 0) is 36.7 Å². The van der Waals surface area contributed by atoms with E-state index in [-0.39, 0.29) is 18.6 Å². The molecule has 0 aliphatic heterocycles. The Labute approximate surface area is 137 Å². The number of carbonyl (C=O) groups excluding carboxylic acids is 1. The molecule has 0 atom stereocenters. The van der Waals surface area contributed by atoms with Crippen molar-refractivity contribution in [2.24, 2.45) is 10.8 Å². The molecule has 0 radical (unpaired) electrons. The minimum Gasteiger partial charge on any atom is -0.481 e. The van der Waals surface area contributed by atoms with Gasteiger partial charge in [-0.25, -0.2) is 5.06 Å². The molecule has 1 aliphatic rings. The zero-order valence-corrected chi connectivity index (χ0v) is 13.8. The number of hydrogen-bond acceptors (Lipinski definition) is 3. The van der Waals surface area contributed by atoms with Crippen molar-refractivity contribution in [2.75, 3.05) is 6.54 Å². The number of hydroxylamine groups is 2. The Balaban J connectivity index is 2.00. The molecule has 0 aromatic heterocycles. The molecular formula is C18H25NO4. The molecule has 5 nitrogen and oxygen atoms in total. The van der Waals surface area contributed by atoms with E-state index in [1.807, 2.05) is 30.3 Å². The highest BCUT2D eigenvalue weighted by molar-refractivity contribution is 5.75. The fraction of sp³-hybridized carbons (Fsp3) is 0.556. The highest BCUT2D eigenvalue weighted by Crippen LogP contribution is 2.45. The molecule has 0 unspecified atom stereocenters. The Morgan fingerprint density at radius 1 is 1.22 bits per heavy atom. The second-order valence-electron chi connectivity index (χ2n) is 7.19. The lowest BCUT2D eigenvalue weighted by molar-refractivity contribution is -0.195. The molecule has 1 aromatic carbocycles. The quantitative estimate of drug-likeness (QED) is 0.619. The van der Waals surface area contributed by atoms with Gasteiger partial charge in [0.2, 0.25) is 6.41 Å². The van der Waals surface area contributed by atoms with Gasteiger partial charge in [-0.3, -0.25) is 14.4 Å². The van der Waals surface area contributed by atoms with Crippen LogP contribution in [-0.2, 0) is 21.0 Å². The first-order valence-electron chi connectivity index (χ1n) is 7.99. The van der Waals surface area contributed by atoms with Crippen molar-refractivity contribution in [1.82, 2.24) is 5.06 Å². The third-order valence-electron chi connectivity index (χ3n) is 4.83.